The van der Waals surface area contributed by atoms with Crippen LogP contribution in [0.2, 0.25) is 0 Å². The summed E-state index contributed by atoms with van der Waals surface area (Å²) in [5.74, 6) is -0.820. The van der Waals surface area contributed by atoms with Gasteiger partial charge in [-0.1, -0.05) is 13.0 Å². The molecule has 8 heteroatoms. The van der Waals surface area contributed by atoms with Crippen LogP contribution in [0.1, 0.15) is 36.8 Å². The van der Waals surface area contributed by atoms with E-state index in [0.717, 1.165) is 44.0 Å². The second-order valence-corrected chi connectivity index (χ2v) is 8.13. The van der Waals surface area contributed by atoms with E-state index in [2.05, 4.69) is 37.4 Å². The lowest BCUT2D eigenvalue weighted by Crippen LogP contribution is -2.49. The van der Waals surface area contributed by atoms with E-state index in [9.17, 15) is 8.78 Å². The maximum Gasteiger partial charge on any atom is 0.191 e. The Labute approximate surface area is 192 Å². The minimum atomic E-state index is -0.813. The number of thiophene rings is 1. The zero-order valence-electron chi connectivity index (χ0n) is 16.8. The Morgan fingerprint density at radius 1 is 1.24 bits per heavy atom. The predicted molar refractivity (Wildman–Crippen MR) is 127 cm³/mol. The van der Waals surface area contributed by atoms with Crippen molar-refractivity contribution in [2.45, 2.75) is 38.3 Å². The summed E-state index contributed by atoms with van der Waals surface area (Å²) in [7, 11) is 1.75. The van der Waals surface area contributed by atoms with Crippen molar-refractivity contribution in [2.24, 2.45) is 4.99 Å². The molecule has 0 aliphatic carbocycles. The smallest absolute Gasteiger partial charge is 0.191 e. The Kier molecular flexibility index (Phi) is 9.78. The second kappa shape index (κ2) is 11.8. The van der Waals surface area contributed by atoms with E-state index in [4.69, 9.17) is 0 Å². The highest BCUT2D eigenvalue weighted by Crippen LogP contribution is 2.18. The third-order valence-electron chi connectivity index (χ3n) is 5.23. The van der Waals surface area contributed by atoms with Crippen LogP contribution >= 0.6 is 35.3 Å². The van der Waals surface area contributed by atoms with Gasteiger partial charge in [-0.05, 0) is 58.8 Å². The number of aliphatic imine (C=N–C) groups is 1. The normalized spacial score (nSPS) is 16.9. The molecule has 2 heterocycles. The highest BCUT2D eigenvalue weighted by Gasteiger charge is 2.20. The Hall–Kier alpha value is -1.26. The summed E-state index contributed by atoms with van der Waals surface area (Å²) in [5, 5.41) is 11.1. The standard InChI is InChI=1S/C21H28F2N4S.HI/c1-15(17-3-4-19(22)20(23)11-17)12-25-21(24-2)26-18-5-8-27(9-6-18)13-16-7-10-28-14-16;/h3-4,7,10-11,14-15,18H,5-6,8-9,12-13H2,1-2H3,(H2,24,25,26);1H. The quantitative estimate of drug-likeness (QED) is 0.324. The summed E-state index contributed by atoms with van der Waals surface area (Å²) < 4.78 is 26.5. The largest absolute Gasteiger partial charge is 0.356 e. The lowest BCUT2D eigenvalue weighted by molar-refractivity contribution is 0.198. The predicted octanol–water partition coefficient (Wildman–Crippen LogP) is 4.58. The van der Waals surface area contributed by atoms with Gasteiger partial charge < -0.3 is 10.6 Å². The first kappa shape index (κ1) is 24.0. The van der Waals surface area contributed by atoms with Gasteiger partial charge in [0.1, 0.15) is 0 Å². The van der Waals surface area contributed by atoms with Crippen LogP contribution in [0, 0.1) is 11.6 Å². The molecule has 1 saturated heterocycles. The molecular formula is C21H29F2IN4S. The highest BCUT2D eigenvalue weighted by molar-refractivity contribution is 14.0. The molecule has 0 amide bonds. The Bertz CT molecular complexity index is 777. The summed E-state index contributed by atoms with van der Waals surface area (Å²) in [6, 6.07) is 6.65. The van der Waals surface area contributed by atoms with E-state index >= 15 is 0 Å². The molecule has 1 aromatic heterocycles. The van der Waals surface area contributed by atoms with Gasteiger partial charge in [0.15, 0.2) is 17.6 Å². The molecule has 4 nitrogen and oxygen atoms in total. The zero-order valence-corrected chi connectivity index (χ0v) is 20.0. The Balaban J connectivity index is 0.00000300. The van der Waals surface area contributed by atoms with Gasteiger partial charge in [0.05, 0.1) is 0 Å². The number of hydrogen-bond donors (Lipinski definition) is 2. The number of likely N-dealkylation sites (tertiary alicyclic amines) is 1. The number of halogens is 3. The number of rotatable bonds is 6. The molecule has 1 aliphatic heterocycles. The van der Waals surface area contributed by atoms with Crippen molar-refractivity contribution in [2.75, 3.05) is 26.7 Å². The lowest BCUT2D eigenvalue weighted by Gasteiger charge is -2.33. The molecule has 2 aromatic rings. The summed E-state index contributed by atoms with van der Waals surface area (Å²) >= 11 is 1.75. The Morgan fingerprint density at radius 3 is 2.62 bits per heavy atom. The van der Waals surface area contributed by atoms with Gasteiger partial charge in [-0.3, -0.25) is 9.89 Å². The molecule has 1 atom stereocenters. The first-order valence-electron chi connectivity index (χ1n) is 9.70. The fourth-order valence-corrected chi connectivity index (χ4v) is 4.11. The molecule has 0 bridgehead atoms. The minimum Gasteiger partial charge on any atom is -0.356 e. The monoisotopic (exact) mass is 534 g/mol. The van der Waals surface area contributed by atoms with Crippen molar-refractivity contribution in [3.05, 3.63) is 57.8 Å². The molecule has 29 heavy (non-hydrogen) atoms. The molecule has 1 fully saturated rings. The summed E-state index contributed by atoms with van der Waals surface area (Å²) in [4.78, 5) is 6.80. The van der Waals surface area contributed by atoms with Crippen LogP contribution in [0.3, 0.4) is 0 Å². The van der Waals surface area contributed by atoms with Crippen molar-refractivity contribution in [1.82, 2.24) is 15.5 Å². The van der Waals surface area contributed by atoms with Gasteiger partial charge in [0.2, 0.25) is 0 Å². The lowest BCUT2D eigenvalue weighted by atomic mass is 10.0. The second-order valence-electron chi connectivity index (χ2n) is 7.35. The summed E-state index contributed by atoms with van der Waals surface area (Å²) in [6.45, 7) is 5.73. The van der Waals surface area contributed by atoms with Crippen molar-refractivity contribution in [3.8, 4) is 0 Å². The number of nitrogens with one attached hydrogen (secondary N) is 2. The van der Waals surface area contributed by atoms with Gasteiger partial charge in [-0.15, -0.1) is 24.0 Å². The maximum absolute atomic E-state index is 13.4. The maximum atomic E-state index is 13.4. The van der Waals surface area contributed by atoms with Crippen LogP contribution < -0.4 is 10.6 Å². The Morgan fingerprint density at radius 2 is 2.00 bits per heavy atom. The van der Waals surface area contributed by atoms with E-state index in [0.29, 0.717) is 12.6 Å². The average Bonchev–Trinajstić information content (AvgIpc) is 3.21. The molecule has 1 unspecified atom stereocenters. The molecular weight excluding hydrogens is 505 g/mol. The van der Waals surface area contributed by atoms with Crippen LogP contribution in [-0.4, -0.2) is 43.6 Å². The van der Waals surface area contributed by atoms with Crippen molar-refractivity contribution in [1.29, 1.82) is 0 Å². The molecule has 1 aromatic carbocycles. The van der Waals surface area contributed by atoms with Gasteiger partial charge >= 0.3 is 0 Å². The third-order valence-corrected chi connectivity index (χ3v) is 5.96. The number of hydrogen-bond acceptors (Lipinski definition) is 3. The molecule has 2 N–H and O–H groups in total. The average molecular weight is 534 g/mol. The van der Waals surface area contributed by atoms with Crippen LogP contribution in [0.4, 0.5) is 8.78 Å². The summed E-state index contributed by atoms with van der Waals surface area (Å²) in [5.41, 5.74) is 2.16. The molecule has 0 saturated carbocycles. The van der Waals surface area contributed by atoms with Gasteiger partial charge in [-0.25, -0.2) is 8.78 Å². The van der Waals surface area contributed by atoms with E-state index in [-0.39, 0.29) is 29.9 Å². The van der Waals surface area contributed by atoms with E-state index in [1.807, 2.05) is 6.92 Å². The first-order valence-corrected chi connectivity index (χ1v) is 10.6. The van der Waals surface area contributed by atoms with E-state index in [1.54, 1.807) is 24.5 Å². The number of nitrogens with zero attached hydrogens (tertiary/aromatic N) is 2. The zero-order chi connectivity index (χ0) is 19.9. The van der Waals surface area contributed by atoms with Crippen LogP contribution in [0.25, 0.3) is 0 Å². The fourth-order valence-electron chi connectivity index (χ4n) is 3.45. The van der Waals surface area contributed by atoms with Crippen molar-refractivity contribution < 1.29 is 8.78 Å². The number of piperidine rings is 1. The minimum absolute atomic E-state index is 0. The first-order chi connectivity index (χ1) is 13.5. The molecule has 0 radical (unpaired) electrons. The third kappa shape index (κ3) is 7.18. The van der Waals surface area contributed by atoms with Gasteiger partial charge in [-0.2, -0.15) is 11.3 Å². The van der Waals surface area contributed by atoms with E-state index in [1.165, 1.54) is 17.7 Å². The highest BCUT2D eigenvalue weighted by atomic mass is 127. The van der Waals surface area contributed by atoms with Gasteiger partial charge in [0, 0.05) is 39.3 Å². The van der Waals surface area contributed by atoms with E-state index < -0.39 is 11.6 Å². The summed E-state index contributed by atoms with van der Waals surface area (Å²) in [6.07, 6.45) is 2.15. The van der Waals surface area contributed by atoms with Crippen molar-refractivity contribution >= 4 is 41.3 Å². The van der Waals surface area contributed by atoms with Crippen LogP contribution in [0.5, 0.6) is 0 Å². The number of guanidine groups is 1. The topological polar surface area (TPSA) is 39.7 Å². The van der Waals surface area contributed by atoms with Crippen LogP contribution in [-0.2, 0) is 6.54 Å². The van der Waals surface area contributed by atoms with Crippen LogP contribution in [0.15, 0.2) is 40.0 Å². The molecule has 1 aliphatic rings. The van der Waals surface area contributed by atoms with Crippen molar-refractivity contribution in [3.63, 3.8) is 0 Å². The molecule has 3 rings (SSSR count). The SMILES string of the molecule is CN=C(NCC(C)c1ccc(F)c(F)c1)NC1CCN(Cc2ccsc2)CC1.I. The number of benzene rings is 1. The molecule has 160 valence electrons. The van der Waals surface area contributed by atoms with Gasteiger partial charge in [0.25, 0.3) is 0 Å². The fraction of sp³-hybridized carbons (Fsp3) is 0.476. The molecule has 0 spiro atoms.